The highest BCUT2D eigenvalue weighted by atomic mass is 19.1. The van der Waals surface area contributed by atoms with E-state index in [0.717, 1.165) is 25.0 Å². The number of ether oxygens (including phenoxy) is 2. The van der Waals surface area contributed by atoms with Gasteiger partial charge >= 0.3 is 0 Å². The zero-order valence-electron chi connectivity index (χ0n) is 9.82. The van der Waals surface area contributed by atoms with Gasteiger partial charge in [0.1, 0.15) is 5.82 Å². The lowest BCUT2D eigenvalue weighted by Gasteiger charge is -2.22. The highest BCUT2D eigenvalue weighted by molar-refractivity contribution is 5.46. The molecule has 17 heavy (non-hydrogen) atoms. The summed E-state index contributed by atoms with van der Waals surface area (Å²) >= 11 is 0. The molecule has 1 heterocycles. The van der Waals surface area contributed by atoms with Gasteiger partial charge in [-0.05, 0) is 31.4 Å². The van der Waals surface area contributed by atoms with Crippen LogP contribution in [0.15, 0.2) is 18.2 Å². The third kappa shape index (κ3) is 3.68. The minimum Gasteiger partial charge on any atom is -0.398 e. The molecule has 0 bridgehead atoms. The maximum atomic E-state index is 12.8. The van der Waals surface area contributed by atoms with Gasteiger partial charge in [0, 0.05) is 17.9 Å². The molecule has 1 atom stereocenters. The molecule has 0 amide bonds. The number of benzene rings is 1. The molecular formula is C13H18FNO2. The van der Waals surface area contributed by atoms with Gasteiger partial charge in [-0.1, -0.05) is 6.07 Å². The van der Waals surface area contributed by atoms with Crippen LogP contribution < -0.4 is 5.73 Å². The lowest BCUT2D eigenvalue weighted by atomic mass is 10.1. The van der Waals surface area contributed by atoms with E-state index in [4.69, 9.17) is 15.2 Å². The maximum absolute atomic E-state index is 12.8. The van der Waals surface area contributed by atoms with E-state index in [-0.39, 0.29) is 11.9 Å². The molecule has 0 aromatic heterocycles. The molecule has 1 fully saturated rings. The SMILES string of the molecule is Nc1cc(F)ccc1COCC1CCCCO1. The third-order valence-corrected chi connectivity index (χ3v) is 2.94. The second-order valence-corrected chi connectivity index (χ2v) is 4.35. The molecule has 1 unspecified atom stereocenters. The van der Waals surface area contributed by atoms with Gasteiger partial charge in [0.25, 0.3) is 0 Å². The van der Waals surface area contributed by atoms with Crippen LogP contribution in [0.3, 0.4) is 0 Å². The second kappa shape index (κ2) is 5.98. The van der Waals surface area contributed by atoms with E-state index in [1.165, 1.54) is 18.6 Å². The summed E-state index contributed by atoms with van der Waals surface area (Å²) in [5, 5.41) is 0. The Kier molecular flexibility index (Phi) is 4.34. The van der Waals surface area contributed by atoms with Gasteiger partial charge < -0.3 is 15.2 Å². The van der Waals surface area contributed by atoms with E-state index in [9.17, 15) is 4.39 Å². The molecule has 0 radical (unpaired) electrons. The van der Waals surface area contributed by atoms with Gasteiger partial charge in [-0.15, -0.1) is 0 Å². The molecule has 94 valence electrons. The first kappa shape index (κ1) is 12.3. The Morgan fingerprint density at radius 2 is 2.29 bits per heavy atom. The zero-order valence-corrected chi connectivity index (χ0v) is 9.82. The van der Waals surface area contributed by atoms with Crippen molar-refractivity contribution >= 4 is 5.69 Å². The summed E-state index contributed by atoms with van der Waals surface area (Å²) < 4.78 is 23.9. The smallest absolute Gasteiger partial charge is 0.125 e. The predicted octanol–water partition coefficient (Wildman–Crippen LogP) is 2.49. The molecule has 1 aliphatic heterocycles. The number of hydrogen-bond acceptors (Lipinski definition) is 3. The first-order valence-corrected chi connectivity index (χ1v) is 5.99. The molecule has 1 aromatic carbocycles. The molecule has 2 N–H and O–H groups in total. The van der Waals surface area contributed by atoms with Crippen LogP contribution in [0.5, 0.6) is 0 Å². The summed E-state index contributed by atoms with van der Waals surface area (Å²) in [6, 6.07) is 4.37. The molecule has 1 saturated heterocycles. The summed E-state index contributed by atoms with van der Waals surface area (Å²) in [6.07, 6.45) is 3.60. The van der Waals surface area contributed by atoms with E-state index in [1.807, 2.05) is 0 Å². The average Bonchev–Trinajstić information content (AvgIpc) is 2.33. The molecule has 2 rings (SSSR count). The molecule has 0 saturated carbocycles. The van der Waals surface area contributed by atoms with Crippen molar-refractivity contribution in [1.82, 2.24) is 0 Å². The minimum absolute atomic E-state index is 0.199. The number of anilines is 1. The van der Waals surface area contributed by atoms with Crippen molar-refractivity contribution in [3.05, 3.63) is 29.6 Å². The van der Waals surface area contributed by atoms with Crippen molar-refractivity contribution in [2.45, 2.75) is 32.0 Å². The standard InChI is InChI=1S/C13H18FNO2/c14-11-5-4-10(13(15)7-11)8-16-9-12-3-1-2-6-17-12/h4-5,7,12H,1-3,6,8-9,15H2. The van der Waals surface area contributed by atoms with Crippen molar-refractivity contribution < 1.29 is 13.9 Å². The fourth-order valence-electron chi connectivity index (χ4n) is 1.94. The lowest BCUT2D eigenvalue weighted by Crippen LogP contribution is -2.24. The van der Waals surface area contributed by atoms with Crippen LogP contribution in [0.1, 0.15) is 24.8 Å². The topological polar surface area (TPSA) is 44.5 Å². The fourth-order valence-corrected chi connectivity index (χ4v) is 1.94. The average molecular weight is 239 g/mol. The van der Waals surface area contributed by atoms with Gasteiger partial charge in [0.2, 0.25) is 0 Å². The van der Waals surface area contributed by atoms with Crippen LogP contribution in [-0.2, 0) is 16.1 Å². The number of nitrogen functional groups attached to an aromatic ring is 1. The normalized spacial score (nSPS) is 20.4. The van der Waals surface area contributed by atoms with E-state index in [1.54, 1.807) is 6.07 Å². The number of nitrogens with two attached hydrogens (primary N) is 1. The van der Waals surface area contributed by atoms with E-state index < -0.39 is 0 Å². The van der Waals surface area contributed by atoms with Gasteiger partial charge in [-0.2, -0.15) is 0 Å². The van der Waals surface area contributed by atoms with Crippen LogP contribution in [-0.4, -0.2) is 19.3 Å². The summed E-state index contributed by atoms with van der Waals surface area (Å²) in [6.45, 7) is 1.81. The summed E-state index contributed by atoms with van der Waals surface area (Å²) in [5.41, 5.74) is 6.95. The van der Waals surface area contributed by atoms with E-state index >= 15 is 0 Å². The maximum Gasteiger partial charge on any atom is 0.125 e. The van der Waals surface area contributed by atoms with Crippen LogP contribution in [0.25, 0.3) is 0 Å². The van der Waals surface area contributed by atoms with Crippen molar-refractivity contribution in [2.24, 2.45) is 0 Å². The number of rotatable bonds is 4. The predicted molar refractivity (Wildman–Crippen MR) is 64.1 cm³/mol. The van der Waals surface area contributed by atoms with Crippen molar-refractivity contribution in [3.63, 3.8) is 0 Å². The third-order valence-electron chi connectivity index (χ3n) is 2.94. The zero-order chi connectivity index (χ0) is 12.1. The number of halogens is 1. The quantitative estimate of drug-likeness (QED) is 0.821. The minimum atomic E-state index is -0.318. The van der Waals surface area contributed by atoms with Crippen molar-refractivity contribution in [3.8, 4) is 0 Å². The first-order chi connectivity index (χ1) is 8.25. The largest absolute Gasteiger partial charge is 0.398 e. The van der Waals surface area contributed by atoms with Crippen LogP contribution in [0.4, 0.5) is 10.1 Å². The molecule has 0 aliphatic carbocycles. The second-order valence-electron chi connectivity index (χ2n) is 4.35. The highest BCUT2D eigenvalue weighted by Crippen LogP contribution is 2.16. The monoisotopic (exact) mass is 239 g/mol. The van der Waals surface area contributed by atoms with Crippen molar-refractivity contribution in [2.75, 3.05) is 18.9 Å². The summed E-state index contributed by atoms with van der Waals surface area (Å²) in [4.78, 5) is 0. The lowest BCUT2D eigenvalue weighted by molar-refractivity contribution is -0.0446. The Balaban J connectivity index is 1.77. The molecule has 1 aromatic rings. The van der Waals surface area contributed by atoms with E-state index in [2.05, 4.69) is 0 Å². The fraction of sp³-hybridized carbons (Fsp3) is 0.538. The molecule has 4 heteroatoms. The molecule has 1 aliphatic rings. The van der Waals surface area contributed by atoms with Crippen LogP contribution >= 0.6 is 0 Å². The van der Waals surface area contributed by atoms with Gasteiger partial charge in [0.15, 0.2) is 0 Å². The Morgan fingerprint density at radius 3 is 3.00 bits per heavy atom. The molecule has 0 spiro atoms. The molecular weight excluding hydrogens is 221 g/mol. The summed E-state index contributed by atoms with van der Waals surface area (Å²) in [7, 11) is 0. The van der Waals surface area contributed by atoms with Gasteiger partial charge in [-0.25, -0.2) is 4.39 Å². The van der Waals surface area contributed by atoms with Gasteiger partial charge in [-0.3, -0.25) is 0 Å². The summed E-state index contributed by atoms with van der Waals surface area (Å²) in [5.74, 6) is -0.318. The van der Waals surface area contributed by atoms with Crippen LogP contribution in [0.2, 0.25) is 0 Å². The Morgan fingerprint density at radius 1 is 1.41 bits per heavy atom. The molecule has 3 nitrogen and oxygen atoms in total. The number of hydrogen-bond donors (Lipinski definition) is 1. The van der Waals surface area contributed by atoms with Gasteiger partial charge in [0.05, 0.1) is 19.3 Å². The Hall–Kier alpha value is -1.13. The Labute approximate surface area is 101 Å². The highest BCUT2D eigenvalue weighted by Gasteiger charge is 2.13. The first-order valence-electron chi connectivity index (χ1n) is 5.99. The van der Waals surface area contributed by atoms with Crippen molar-refractivity contribution in [1.29, 1.82) is 0 Å². The Bertz CT molecular complexity index is 364. The van der Waals surface area contributed by atoms with Crippen LogP contribution in [0, 0.1) is 5.82 Å². The van der Waals surface area contributed by atoms with E-state index in [0.29, 0.717) is 18.9 Å².